The Morgan fingerprint density at radius 2 is 2.09 bits per heavy atom. The minimum absolute atomic E-state index is 0.0725. The third-order valence-electron chi connectivity index (χ3n) is 4.44. The molecule has 120 valence electrons. The van der Waals surface area contributed by atoms with Crippen LogP contribution in [0.4, 0.5) is 11.4 Å². The van der Waals surface area contributed by atoms with Crippen molar-refractivity contribution in [2.24, 2.45) is 0 Å². The molecule has 1 atom stereocenters. The van der Waals surface area contributed by atoms with Gasteiger partial charge in [0.15, 0.2) is 0 Å². The lowest BCUT2D eigenvalue weighted by atomic mass is 9.89. The first-order chi connectivity index (χ1) is 11.0. The van der Waals surface area contributed by atoms with E-state index < -0.39 is 10.5 Å². The number of fused-ring (bicyclic) bond motifs is 1. The molecule has 1 aliphatic rings. The summed E-state index contributed by atoms with van der Waals surface area (Å²) in [6.45, 7) is 1.96. The molecule has 3 rings (SSSR count). The van der Waals surface area contributed by atoms with Crippen LogP contribution in [0.3, 0.4) is 0 Å². The molecular weight excluding hydrogens is 294 g/mol. The van der Waals surface area contributed by atoms with E-state index in [1.54, 1.807) is 6.07 Å². The van der Waals surface area contributed by atoms with E-state index in [0.717, 1.165) is 0 Å². The van der Waals surface area contributed by atoms with Gasteiger partial charge in [0, 0.05) is 5.39 Å². The maximum atomic E-state index is 11.4. The van der Waals surface area contributed by atoms with Crippen LogP contribution >= 0.6 is 0 Å². The molecule has 1 aromatic heterocycles. The first kappa shape index (κ1) is 15.4. The minimum atomic E-state index is -0.910. The molecule has 6 heteroatoms. The van der Waals surface area contributed by atoms with Gasteiger partial charge in [0.05, 0.1) is 22.1 Å². The number of hydrogen-bond donors (Lipinski definition) is 2. The fraction of sp³-hybridized carbons (Fsp3) is 0.353. The van der Waals surface area contributed by atoms with E-state index in [4.69, 9.17) is 0 Å². The van der Waals surface area contributed by atoms with Gasteiger partial charge in [-0.1, -0.05) is 37.3 Å². The van der Waals surface area contributed by atoms with Crippen LogP contribution in [-0.4, -0.2) is 26.7 Å². The van der Waals surface area contributed by atoms with Gasteiger partial charge in [-0.15, -0.1) is 0 Å². The molecule has 2 aromatic rings. The number of benzene rings is 1. The smallest absolute Gasteiger partial charge is 0.311 e. The van der Waals surface area contributed by atoms with Crippen LogP contribution in [0.15, 0.2) is 42.6 Å². The van der Waals surface area contributed by atoms with Crippen molar-refractivity contribution in [2.75, 3.05) is 5.32 Å². The van der Waals surface area contributed by atoms with Crippen molar-refractivity contribution >= 4 is 22.3 Å². The second-order valence-electron chi connectivity index (χ2n) is 5.88. The Morgan fingerprint density at radius 1 is 1.39 bits per heavy atom. The van der Waals surface area contributed by atoms with Gasteiger partial charge in [0.1, 0.15) is 11.9 Å². The second kappa shape index (κ2) is 5.96. The van der Waals surface area contributed by atoms with Crippen LogP contribution in [0.5, 0.6) is 0 Å². The summed E-state index contributed by atoms with van der Waals surface area (Å²) in [5.41, 5.74) is 0.129. The van der Waals surface area contributed by atoms with Crippen LogP contribution in [0, 0.1) is 10.1 Å². The van der Waals surface area contributed by atoms with Crippen LogP contribution in [0.25, 0.3) is 10.9 Å². The number of aliphatic hydroxyl groups is 1. The molecule has 0 unspecified atom stereocenters. The first-order valence-electron chi connectivity index (χ1n) is 7.71. The molecule has 0 radical (unpaired) electrons. The highest BCUT2D eigenvalue weighted by molar-refractivity contribution is 5.95. The lowest BCUT2D eigenvalue weighted by Crippen LogP contribution is -2.44. The Balaban J connectivity index is 2.06. The van der Waals surface area contributed by atoms with Crippen molar-refractivity contribution in [1.82, 2.24) is 4.98 Å². The van der Waals surface area contributed by atoms with Gasteiger partial charge >= 0.3 is 5.69 Å². The number of nitrogens with zero attached hydrogens (tertiary/aromatic N) is 2. The number of nitrogens with one attached hydrogen (secondary N) is 1. The predicted molar refractivity (Wildman–Crippen MR) is 89.4 cm³/mol. The van der Waals surface area contributed by atoms with E-state index >= 15 is 0 Å². The lowest BCUT2D eigenvalue weighted by molar-refractivity contribution is -0.384. The number of pyridine rings is 1. The van der Waals surface area contributed by atoms with Gasteiger partial charge < -0.3 is 10.4 Å². The van der Waals surface area contributed by atoms with Crippen LogP contribution in [0.1, 0.15) is 26.2 Å². The molecule has 1 aliphatic carbocycles. The molecule has 1 heterocycles. The molecule has 0 fully saturated rings. The average molecular weight is 313 g/mol. The molecule has 0 bridgehead atoms. The third kappa shape index (κ3) is 2.77. The van der Waals surface area contributed by atoms with Crippen molar-refractivity contribution in [1.29, 1.82) is 0 Å². The molecule has 0 saturated heterocycles. The summed E-state index contributed by atoms with van der Waals surface area (Å²) in [6, 6.07) is 7.02. The molecule has 0 amide bonds. The Kier molecular flexibility index (Phi) is 4.00. The SMILES string of the molecule is CC[C@@H](Nc1c([N+](=O)[O-])cnc2ccccc12)C1(O)CC=CC1. The molecule has 2 N–H and O–H groups in total. The van der Waals surface area contributed by atoms with Crippen molar-refractivity contribution in [3.63, 3.8) is 0 Å². The van der Waals surface area contributed by atoms with E-state index in [-0.39, 0.29) is 11.7 Å². The Morgan fingerprint density at radius 3 is 2.74 bits per heavy atom. The third-order valence-corrected chi connectivity index (χ3v) is 4.44. The summed E-state index contributed by atoms with van der Waals surface area (Å²) < 4.78 is 0. The number of para-hydroxylation sites is 1. The molecule has 6 nitrogen and oxygen atoms in total. The van der Waals surface area contributed by atoms with Crippen molar-refractivity contribution < 1.29 is 10.0 Å². The van der Waals surface area contributed by atoms with E-state index in [2.05, 4.69) is 10.3 Å². The van der Waals surface area contributed by atoms with Crippen molar-refractivity contribution in [3.8, 4) is 0 Å². The van der Waals surface area contributed by atoms with Crippen LogP contribution in [0.2, 0.25) is 0 Å². The van der Waals surface area contributed by atoms with Gasteiger partial charge in [-0.05, 0) is 25.3 Å². The number of hydrogen-bond acceptors (Lipinski definition) is 5. The van der Waals surface area contributed by atoms with Gasteiger partial charge in [-0.3, -0.25) is 10.1 Å². The number of aromatic nitrogens is 1. The highest BCUT2D eigenvalue weighted by Gasteiger charge is 2.37. The zero-order valence-electron chi connectivity index (χ0n) is 12.9. The highest BCUT2D eigenvalue weighted by atomic mass is 16.6. The Hall–Kier alpha value is -2.47. The fourth-order valence-corrected chi connectivity index (χ4v) is 3.15. The van der Waals surface area contributed by atoms with Crippen molar-refractivity contribution in [3.05, 3.63) is 52.7 Å². The van der Waals surface area contributed by atoms with Crippen LogP contribution < -0.4 is 5.32 Å². The Labute approximate surface area is 134 Å². The Bertz CT molecular complexity index is 765. The molecule has 23 heavy (non-hydrogen) atoms. The largest absolute Gasteiger partial charge is 0.387 e. The van der Waals surface area contributed by atoms with Gasteiger partial charge in [-0.25, -0.2) is 4.98 Å². The monoisotopic (exact) mass is 313 g/mol. The number of anilines is 1. The van der Waals surface area contributed by atoms with Crippen molar-refractivity contribution in [2.45, 2.75) is 37.8 Å². The van der Waals surface area contributed by atoms with E-state index in [1.165, 1.54) is 6.20 Å². The number of nitro groups is 1. The molecule has 0 spiro atoms. The summed E-state index contributed by atoms with van der Waals surface area (Å²) in [7, 11) is 0. The summed E-state index contributed by atoms with van der Waals surface area (Å²) in [5, 5.41) is 26.1. The molecular formula is C17H19N3O3. The predicted octanol–water partition coefficient (Wildman–Crippen LogP) is 3.41. The minimum Gasteiger partial charge on any atom is -0.387 e. The average Bonchev–Trinajstić information content (AvgIpc) is 2.99. The zero-order chi connectivity index (χ0) is 16.4. The summed E-state index contributed by atoms with van der Waals surface area (Å²) in [5.74, 6) is 0. The van der Waals surface area contributed by atoms with Gasteiger partial charge in [0.2, 0.25) is 0 Å². The molecule has 1 aromatic carbocycles. The topological polar surface area (TPSA) is 88.3 Å². The normalized spacial score (nSPS) is 17.3. The summed E-state index contributed by atoms with van der Waals surface area (Å²) >= 11 is 0. The number of rotatable bonds is 5. The first-order valence-corrected chi connectivity index (χ1v) is 7.71. The van der Waals surface area contributed by atoms with Gasteiger partial charge in [-0.2, -0.15) is 0 Å². The standard InChI is InChI=1S/C17H19N3O3/c1-2-15(17(21)9-5-6-10-17)19-16-12-7-3-4-8-13(12)18-11-14(16)20(22)23/h3-8,11,15,21H,2,9-10H2,1H3,(H,18,19)/t15-/m1/s1. The maximum absolute atomic E-state index is 11.4. The van der Waals surface area contributed by atoms with Crippen LogP contribution in [-0.2, 0) is 0 Å². The van der Waals surface area contributed by atoms with E-state index in [1.807, 2.05) is 37.3 Å². The highest BCUT2D eigenvalue weighted by Crippen LogP contribution is 2.36. The summed E-state index contributed by atoms with van der Waals surface area (Å²) in [6.07, 6.45) is 6.93. The van der Waals surface area contributed by atoms with Gasteiger partial charge in [0.25, 0.3) is 0 Å². The quantitative estimate of drug-likeness (QED) is 0.501. The maximum Gasteiger partial charge on any atom is 0.311 e. The summed E-state index contributed by atoms with van der Waals surface area (Å²) in [4.78, 5) is 15.1. The fourth-order valence-electron chi connectivity index (χ4n) is 3.15. The zero-order valence-corrected chi connectivity index (χ0v) is 12.9. The van der Waals surface area contributed by atoms with E-state index in [0.29, 0.717) is 35.9 Å². The molecule has 0 saturated carbocycles. The second-order valence-corrected chi connectivity index (χ2v) is 5.88. The molecule has 0 aliphatic heterocycles. The lowest BCUT2D eigenvalue weighted by Gasteiger charge is -2.33. The van der Waals surface area contributed by atoms with E-state index in [9.17, 15) is 15.2 Å².